The number of nitrogens with one attached hydrogen (secondary N) is 3. The van der Waals surface area contributed by atoms with Crippen molar-refractivity contribution in [2.24, 2.45) is 0 Å². The summed E-state index contributed by atoms with van der Waals surface area (Å²) >= 11 is 0. The van der Waals surface area contributed by atoms with Crippen molar-refractivity contribution in [2.45, 2.75) is 20.0 Å². The van der Waals surface area contributed by atoms with E-state index in [0.29, 0.717) is 47.5 Å². The Morgan fingerprint density at radius 2 is 1.81 bits per heavy atom. The summed E-state index contributed by atoms with van der Waals surface area (Å²) in [6.45, 7) is 8.52. The maximum Gasteiger partial charge on any atom is 0.419 e. The van der Waals surface area contributed by atoms with Gasteiger partial charge in [0, 0.05) is 55.2 Å². The third kappa shape index (κ3) is 7.45. The normalized spacial score (nSPS) is 14.0. The third-order valence-corrected chi connectivity index (χ3v) is 6.83. The first-order valence-corrected chi connectivity index (χ1v) is 13.6. The smallest absolute Gasteiger partial charge is 0.379 e. The second-order valence-corrected chi connectivity index (χ2v) is 10.0. The third-order valence-electron chi connectivity index (χ3n) is 6.83. The van der Waals surface area contributed by atoms with Gasteiger partial charge in [0.2, 0.25) is 0 Å². The van der Waals surface area contributed by atoms with E-state index in [1.807, 2.05) is 19.9 Å². The molecular formula is C29H30F4N8O2. The number of hydrogen-bond acceptors (Lipinski definition) is 8. The van der Waals surface area contributed by atoms with E-state index in [9.17, 15) is 22.4 Å². The topological polar surface area (TPSA) is 109 Å². The fourth-order valence-electron chi connectivity index (χ4n) is 4.55. The molecule has 14 heteroatoms. The van der Waals surface area contributed by atoms with Crippen LogP contribution in [0.4, 0.5) is 40.6 Å². The number of nitrogens with zero attached hydrogens (tertiary/aromatic N) is 5. The average Bonchev–Trinajstić information content (AvgIpc) is 3.35. The van der Waals surface area contributed by atoms with Gasteiger partial charge in [-0.25, -0.2) is 14.4 Å². The molecule has 0 atom stereocenters. The molecule has 0 bridgehead atoms. The molecule has 1 fully saturated rings. The molecule has 0 spiro atoms. The number of anilines is 4. The zero-order valence-electron chi connectivity index (χ0n) is 23.5. The molecule has 10 nitrogen and oxygen atoms in total. The zero-order chi connectivity index (χ0) is 30.6. The van der Waals surface area contributed by atoms with Gasteiger partial charge in [0.15, 0.2) is 5.82 Å². The number of hydrogen-bond donors (Lipinski definition) is 3. The van der Waals surface area contributed by atoms with Crippen LogP contribution >= 0.6 is 0 Å². The lowest BCUT2D eigenvalue weighted by Crippen LogP contribution is -2.39. The first-order valence-electron chi connectivity index (χ1n) is 13.6. The van der Waals surface area contributed by atoms with Gasteiger partial charge in [-0.1, -0.05) is 6.07 Å². The molecule has 1 saturated heterocycles. The SMILES string of the molecule is Cc1cc(Nc2cc(NC(=O)c3ccc(F)c(C(F)(F)F)c3)ccc2C)n(-c2cc(NCCN3CCOCC3)ncn2)n1. The summed E-state index contributed by atoms with van der Waals surface area (Å²) in [5, 5.41) is 13.8. The van der Waals surface area contributed by atoms with Crippen molar-refractivity contribution < 1.29 is 27.1 Å². The van der Waals surface area contributed by atoms with Gasteiger partial charge in [-0.05, 0) is 49.7 Å². The fraction of sp³-hybridized carbons (Fsp3) is 0.310. The van der Waals surface area contributed by atoms with Gasteiger partial charge >= 0.3 is 6.18 Å². The monoisotopic (exact) mass is 598 g/mol. The van der Waals surface area contributed by atoms with E-state index in [2.05, 4.69) is 35.9 Å². The highest BCUT2D eigenvalue weighted by Gasteiger charge is 2.34. The lowest BCUT2D eigenvalue weighted by Gasteiger charge is -2.26. The van der Waals surface area contributed by atoms with E-state index in [1.165, 1.54) is 6.33 Å². The number of amides is 1. The molecule has 3 N–H and O–H groups in total. The maximum absolute atomic E-state index is 13.7. The van der Waals surface area contributed by atoms with Crippen LogP contribution in [0.25, 0.3) is 5.82 Å². The Morgan fingerprint density at radius 1 is 1.02 bits per heavy atom. The first kappa shape index (κ1) is 29.9. The Morgan fingerprint density at radius 3 is 2.58 bits per heavy atom. The molecule has 1 aliphatic rings. The van der Waals surface area contributed by atoms with Gasteiger partial charge in [0.1, 0.15) is 23.8 Å². The molecule has 0 saturated carbocycles. The van der Waals surface area contributed by atoms with E-state index < -0.39 is 23.5 Å². The number of alkyl halides is 3. The van der Waals surface area contributed by atoms with E-state index >= 15 is 0 Å². The molecule has 0 unspecified atom stereocenters. The van der Waals surface area contributed by atoms with Crippen LogP contribution in [-0.4, -0.2) is 69.9 Å². The Bertz CT molecular complexity index is 1600. The Kier molecular flexibility index (Phi) is 8.87. The van der Waals surface area contributed by atoms with Crippen LogP contribution in [0, 0.1) is 19.7 Å². The second kappa shape index (κ2) is 12.8. The number of halogens is 4. The summed E-state index contributed by atoms with van der Waals surface area (Å²) < 4.78 is 60.1. The quantitative estimate of drug-likeness (QED) is 0.226. The number of rotatable bonds is 9. The van der Waals surface area contributed by atoms with Gasteiger partial charge < -0.3 is 20.7 Å². The molecule has 2 aromatic heterocycles. The van der Waals surface area contributed by atoms with E-state index in [4.69, 9.17) is 4.74 Å². The average molecular weight is 599 g/mol. The van der Waals surface area contributed by atoms with Gasteiger partial charge in [-0.2, -0.15) is 23.0 Å². The number of morpholine rings is 1. The summed E-state index contributed by atoms with van der Waals surface area (Å²) in [5.41, 5.74) is 0.671. The maximum atomic E-state index is 13.7. The van der Waals surface area contributed by atoms with Crippen LogP contribution in [-0.2, 0) is 10.9 Å². The minimum Gasteiger partial charge on any atom is -0.379 e. The summed E-state index contributed by atoms with van der Waals surface area (Å²) in [6.07, 6.45) is -3.47. The highest BCUT2D eigenvalue weighted by Crippen LogP contribution is 2.32. The number of benzene rings is 2. The van der Waals surface area contributed by atoms with Crippen LogP contribution in [0.5, 0.6) is 0 Å². The predicted molar refractivity (Wildman–Crippen MR) is 153 cm³/mol. The van der Waals surface area contributed by atoms with Crippen molar-refractivity contribution in [3.05, 3.63) is 83.1 Å². The molecule has 0 radical (unpaired) electrons. The number of aromatic nitrogens is 4. The van der Waals surface area contributed by atoms with Crippen molar-refractivity contribution in [1.29, 1.82) is 0 Å². The molecule has 1 amide bonds. The van der Waals surface area contributed by atoms with E-state index in [0.717, 1.165) is 50.2 Å². The first-order chi connectivity index (χ1) is 20.6. The zero-order valence-corrected chi connectivity index (χ0v) is 23.5. The van der Waals surface area contributed by atoms with Crippen LogP contribution in [0.15, 0.2) is 54.9 Å². The van der Waals surface area contributed by atoms with Crippen LogP contribution < -0.4 is 16.0 Å². The van der Waals surface area contributed by atoms with Crippen LogP contribution in [0.2, 0.25) is 0 Å². The standard InChI is InChI=1S/C29H30F4N8O2/c1-18-3-5-21(37-28(42)20-4-6-23(30)22(14-20)29(31,32)33)15-24(18)38-27-13-19(2)39-41(27)26-16-25(35-17-36-26)34-7-8-40-9-11-43-12-10-40/h3-6,13-17,38H,7-12H2,1-2H3,(H,37,42)(H,34,35,36). The van der Waals surface area contributed by atoms with Crippen molar-refractivity contribution >= 4 is 28.9 Å². The van der Waals surface area contributed by atoms with Crippen molar-refractivity contribution in [3.8, 4) is 5.82 Å². The molecule has 226 valence electrons. The lowest BCUT2D eigenvalue weighted by molar-refractivity contribution is -0.140. The molecule has 43 heavy (non-hydrogen) atoms. The summed E-state index contributed by atoms with van der Waals surface area (Å²) in [5.74, 6) is -0.491. The van der Waals surface area contributed by atoms with Crippen molar-refractivity contribution in [1.82, 2.24) is 24.6 Å². The Hall–Kier alpha value is -4.56. The van der Waals surface area contributed by atoms with Gasteiger partial charge in [0.05, 0.1) is 24.5 Å². The van der Waals surface area contributed by atoms with Crippen LogP contribution in [0.1, 0.15) is 27.2 Å². The molecule has 1 aliphatic heterocycles. The van der Waals surface area contributed by atoms with Gasteiger partial charge in [0.25, 0.3) is 5.91 Å². The minimum atomic E-state index is -4.92. The van der Waals surface area contributed by atoms with Crippen molar-refractivity contribution in [2.75, 3.05) is 55.3 Å². The second-order valence-electron chi connectivity index (χ2n) is 10.0. The highest BCUT2D eigenvalue weighted by molar-refractivity contribution is 6.04. The Labute approximate surface area is 245 Å². The van der Waals surface area contributed by atoms with Crippen LogP contribution in [0.3, 0.4) is 0 Å². The Balaban J connectivity index is 1.30. The molecule has 2 aromatic carbocycles. The molecule has 4 aromatic rings. The summed E-state index contributed by atoms with van der Waals surface area (Å²) in [7, 11) is 0. The number of ether oxygens (including phenoxy) is 1. The number of carbonyl (C=O) groups is 1. The summed E-state index contributed by atoms with van der Waals surface area (Å²) in [6, 6.07) is 10.8. The predicted octanol–water partition coefficient (Wildman–Crippen LogP) is 5.18. The van der Waals surface area contributed by atoms with Gasteiger partial charge in [-0.3, -0.25) is 9.69 Å². The van der Waals surface area contributed by atoms with Gasteiger partial charge in [-0.15, -0.1) is 0 Å². The minimum absolute atomic E-state index is 0.323. The largest absolute Gasteiger partial charge is 0.419 e. The van der Waals surface area contributed by atoms with E-state index in [1.54, 1.807) is 28.9 Å². The molecule has 3 heterocycles. The number of carbonyl (C=O) groups excluding carboxylic acids is 1. The summed E-state index contributed by atoms with van der Waals surface area (Å²) in [4.78, 5) is 23.8. The molecule has 0 aliphatic carbocycles. The van der Waals surface area contributed by atoms with E-state index in [-0.39, 0.29) is 5.56 Å². The number of aryl methyl sites for hydroxylation is 2. The molecule has 5 rings (SSSR count). The van der Waals surface area contributed by atoms with Crippen molar-refractivity contribution in [3.63, 3.8) is 0 Å². The highest BCUT2D eigenvalue weighted by atomic mass is 19.4. The lowest BCUT2D eigenvalue weighted by atomic mass is 10.1. The molecular weight excluding hydrogens is 568 g/mol. The fourth-order valence-corrected chi connectivity index (χ4v) is 4.55.